The molecular weight excluding hydrogens is 288 g/mol. The molecule has 8 nitrogen and oxygen atoms in total. The SMILES string of the molecule is Cc1oc(C)c(S(=O)(=O)NCc2ccno2)c1C(=O)O. The van der Waals surface area contributed by atoms with Gasteiger partial charge in [0.15, 0.2) is 5.76 Å². The summed E-state index contributed by atoms with van der Waals surface area (Å²) < 4.78 is 36.5. The number of carboxylic acids is 1. The first-order chi connectivity index (χ1) is 9.33. The molecule has 0 aliphatic carbocycles. The fraction of sp³-hybridized carbons (Fsp3) is 0.273. The predicted molar refractivity (Wildman–Crippen MR) is 65.7 cm³/mol. The molecule has 2 heterocycles. The highest BCUT2D eigenvalue weighted by atomic mass is 32.2. The Hall–Kier alpha value is -2.13. The van der Waals surface area contributed by atoms with E-state index in [0.29, 0.717) is 5.76 Å². The Bertz CT molecular complexity index is 729. The topological polar surface area (TPSA) is 123 Å². The Labute approximate surface area is 114 Å². The minimum absolute atomic E-state index is 0.0185. The summed E-state index contributed by atoms with van der Waals surface area (Å²) in [6.07, 6.45) is 1.37. The van der Waals surface area contributed by atoms with Crippen LogP contribution in [0.15, 0.2) is 26.1 Å². The quantitative estimate of drug-likeness (QED) is 0.846. The van der Waals surface area contributed by atoms with Crippen LogP contribution < -0.4 is 4.72 Å². The maximum atomic E-state index is 12.2. The number of rotatable bonds is 5. The molecule has 0 amide bonds. The molecule has 2 N–H and O–H groups in total. The maximum Gasteiger partial charge on any atom is 0.340 e. The number of hydrogen-bond acceptors (Lipinski definition) is 6. The Morgan fingerprint density at radius 1 is 1.40 bits per heavy atom. The normalized spacial score (nSPS) is 11.7. The van der Waals surface area contributed by atoms with Gasteiger partial charge in [-0.25, -0.2) is 17.9 Å². The molecule has 108 valence electrons. The van der Waals surface area contributed by atoms with Gasteiger partial charge >= 0.3 is 5.97 Å². The Morgan fingerprint density at radius 3 is 2.65 bits per heavy atom. The molecule has 0 atom stereocenters. The van der Waals surface area contributed by atoms with E-state index in [1.54, 1.807) is 0 Å². The van der Waals surface area contributed by atoms with Crippen molar-refractivity contribution < 1.29 is 27.3 Å². The number of carbonyl (C=O) groups is 1. The van der Waals surface area contributed by atoms with Gasteiger partial charge in [0, 0.05) is 6.07 Å². The van der Waals surface area contributed by atoms with Gasteiger partial charge < -0.3 is 14.0 Å². The minimum atomic E-state index is -4.03. The van der Waals surface area contributed by atoms with E-state index in [4.69, 9.17) is 14.0 Å². The highest BCUT2D eigenvalue weighted by molar-refractivity contribution is 7.89. The monoisotopic (exact) mass is 300 g/mol. The van der Waals surface area contributed by atoms with Gasteiger partial charge in [-0.3, -0.25) is 0 Å². The van der Waals surface area contributed by atoms with Crippen molar-refractivity contribution in [3.8, 4) is 0 Å². The summed E-state index contributed by atoms with van der Waals surface area (Å²) in [5, 5.41) is 12.5. The highest BCUT2D eigenvalue weighted by Crippen LogP contribution is 2.26. The van der Waals surface area contributed by atoms with E-state index >= 15 is 0 Å². The van der Waals surface area contributed by atoms with Crippen LogP contribution in [0.25, 0.3) is 0 Å². The van der Waals surface area contributed by atoms with Crippen molar-refractivity contribution in [2.75, 3.05) is 0 Å². The van der Waals surface area contributed by atoms with Crippen LogP contribution >= 0.6 is 0 Å². The maximum absolute atomic E-state index is 12.2. The molecule has 0 saturated carbocycles. The second kappa shape index (κ2) is 5.10. The van der Waals surface area contributed by atoms with E-state index in [1.807, 2.05) is 0 Å². The smallest absolute Gasteiger partial charge is 0.340 e. The summed E-state index contributed by atoms with van der Waals surface area (Å²) >= 11 is 0. The van der Waals surface area contributed by atoms with Crippen molar-refractivity contribution in [3.05, 3.63) is 35.1 Å². The zero-order valence-electron chi connectivity index (χ0n) is 10.7. The Kier molecular flexibility index (Phi) is 3.64. The van der Waals surface area contributed by atoms with Crippen LogP contribution in [-0.2, 0) is 16.6 Å². The number of nitrogens with zero attached hydrogens (tertiary/aromatic N) is 1. The molecule has 2 rings (SSSR count). The number of aryl methyl sites for hydroxylation is 2. The molecule has 0 unspecified atom stereocenters. The van der Waals surface area contributed by atoms with Gasteiger partial charge in [0.1, 0.15) is 22.0 Å². The largest absolute Gasteiger partial charge is 0.478 e. The molecule has 0 spiro atoms. The van der Waals surface area contributed by atoms with Gasteiger partial charge in [0.25, 0.3) is 0 Å². The van der Waals surface area contributed by atoms with Crippen LogP contribution in [0.5, 0.6) is 0 Å². The third-order valence-electron chi connectivity index (χ3n) is 2.62. The van der Waals surface area contributed by atoms with Gasteiger partial charge in [0.05, 0.1) is 12.7 Å². The van der Waals surface area contributed by atoms with E-state index in [0.717, 1.165) is 0 Å². The standard InChI is InChI=1S/C11H12N2O6S/c1-6-9(11(14)15)10(7(2)18-6)20(16,17)13-5-8-3-4-12-19-8/h3-4,13H,5H2,1-2H3,(H,14,15). The van der Waals surface area contributed by atoms with E-state index in [-0.39, 0.29) is 28.5 Å². The summed E-state index contributed by atoms with van der Waals surface area (Å²) in [7, 11) is -4.03. The highest BCUT2D eigenvalue weighted by Gasteiger charge is 2.30. The first-order valence-electron chi connectivity index (χ1n) is 5.55. The number of aromatic nitrogens is 1. The van der Waals surface area contributed by atoms with Gasteiger partial charge in [-0.15, -0.1) is 0 Å². The van der Waals surface area contributed by atoms with Crippen LogP contribution in [0.2, 0.25) is 0 Å². The van der Waals surface area contributed by atoms with Gasteiger partial charge in [-0.1, -0.05) is 5.16 Å². The first kappa shape index (κ1) is 14.3. The number of carboxylic acid groups (broad SMARTS) is 1. The average Bonchev–Trinajstić information content (AvgIpc) is 2.94. The van der Waals surface area contributed by atoms with Crippen LogP contribution in [0.3, 0.4) is 0 Å². The van der Waals surface area contributed by atoms with Crippen molar-refractivity contribution in [2.45, 2.75) is 25.3 Å². The van der Waals surface area contributed by atoms with Crippen molar-refractivity contribution in [2.24, 2.45) is 0 Å². The lowest BCUT2D eigenvalue weighted by molar-refractivity contribution is 0.0691. The van der Waals surface area contributed by atoms with E-state index in [1.165, 1.54) is 26.1 Å². The third-order valence-corrected chi connectivity index (χ3v) is 4.17. The van der Waals surface area contributed by atoms with Crippen LogP contribution in [0.4, 0.5) is 0 Å². The van der Waals surface area contributed by atoms with E-state index < -0.39 is 16.0 Å². The summed E-state index contributed by atoms with van der Waals surface area (Å²) in [5.74, 6) is -0.997. The second-order valence-electron chi connectivity index (χ2n) is 4.03. The molecule has 0 bridgehead atoms. The molecule has 9 heteroatoms. The Balaban J connectivity index is 2.37. The van der Waals surface area contributed by atoms with Crippen molar-refractivity contribution >= 4 is 16.0 Å². The van der Waals surface area contributed by atoms with Crippen molar-refractivity contribution in [3.63, 3.8) is 0 Å². The second-order valence-corrected chi connectivity index (χ2v) is 5.73. The minimum Gasteiger partial charge on any atom is -0.478 e. The van der Waals surface area contributed by atoms with Gasteiger partial charge in [-0.2, -0.15) is 0 Å². The summed E-state index contributed by atoms with van der Waals surface area (Å²) in [6, 6.07) is 1.49. The number of sulfonamides is 1. The van der Waals surface area contributed by atoms with E-state index in [2.05, 4.69) is 9.88 Å². The zero-order valence-corrected chi connectivity index (χ0v) is 11.5. The predicted octanol–water partition coefficient (Wildman–Crippen LogP) is 1.06. The zero-order chi connectivity index (χ0) is 14.9. The lowest BCUT2D eigenvalue weighted by atomic mass is 10.2. The summed E-state index contributed by atoms with van der Waals surface area (Å²) in [4.78, 5) is 10.8. The van der Waals surface area contributed by atoms with Crippen LogP contribution in [0.1, 0.15) is 27.6 Å². The molecule has 0 radical (unpaired) electrons. The van der Waals surface area contributed by atoms with Gasteiger partial charge in [0.2, 0.25) is 10.0 Å². The number of nitrogens with one attached hydrogen (secondary N) is 1. The molecule has 0 aromatic carbocycles. The number of furan rings is 1. The Morgan fingerprint density at radius 2 is 2.10 bits per heavy atom. The first-order valence-corrected chi connectivity index (χ1v) is 7.03. The molecule has 0 aliphatic heterocycles. The fourth-order valence-corrected chi connectivity index (χ4v) is 3.20. The fourth-order valence-electron chi connectivity index (χ4n) is 1.81. The molecular formula is C11H12N2O6S. The molecule has 2 aromatic rings. The molecule has 20 heavy (non-hydrogen) atoms. The summed E-state index contributed by atoms with van der Waals surface area (Å²) in [5.41, 5.74) is -0.368. The molecule has 2 aromatic heterocycles. The van der Waals surface area contributed by atoms with Gasteiger partial charge in [-0.05, 0) is 13.8 Å². The van der Waals surface area contributed by atoms with Crippen molar-refractivity contribution in [1.29, 1.82) is 0 Å². The average molecular weight is 300 g/mol. The lowest BCUT2D eigenvalue weighted by Gasteiger charge is -2.05. The number of hydrogen-bond donors (Lipinski definition) is 2. The molecule has 0 aliphatic rings. The van der Waals surface area contributed by atoms with E-state index in [9.17, 15) is 13.2 Å². The number of aromatic carboxylic acids is 1. The third kappa shape index (κ3) is 2.58. The van der Waals surface area contributed by atoms with Crippen molar-refractivity contribution in [1.82, 2.24) is 9.88 Å². The molecule has 0 saturated heterocycles. The van der Waals surface area contributed by atoms with Crippen LogP contribution in [-0.4, -0.2) is 24.7 Å². The lowest BCUT2D eigenvalue weighted by Crippen LogP contribution is -2.25. The molecule has 0 fully saturated rings. The summed E-state index contributed by atoms with van der Waals surface area (Å²) in [6.45, 7) is 2.65. The van der Waals surface area contributed by atoms with Crippen LogP contribution in [0, 0.1) is 13.8 Å².